The lowest BCUT2D eigenvalue weighted by Gasteiger charge is -2.34. The molecule has 8 atom stereocenters. The first-order valence-electron chi connectivity index (χ1n) is 8.15. The van der Waals surface area contributed by atoms with Gasteiger partial charge in [0.1, 0.15) is 36.6 Å². The van der Waals surface area contributed by atoms with Crippen LogP contribution in [0.3, 0.4) is 0 Å². The molecule has 2 saturated heterocycles. The minimum absolute atomic E-state index is 0.0416. The Labute approximate surface area is 157 Å². The predicted molar refractivity (Wildman–Crippen MR) is 91.2 cm³/mol. The van der Waals surface area contributed by atoms with Gasteiger partial charge in [0, 0.05) is 0 Å². The van der Waals surface area contributed by atoms with E-state index >= 15 is 0 Å². The maximum absolute atomic E-state index is 9.34. The van der Waals surface area contributed by atoms with E-state index in [4.69, 9.17) is 40.1 Å². The van der Waals surface area contributed by atoms with Crippen molar-refractivity contribution >= 4 is 0 Å². The van der Waals surface area contributed by atoms with Crippen LogP contribution in [0.1, 0.15) is 0 Å². The van der Waals surface area contributed by atoms with Gasteiger partial charge >= 0.3 is 0 Å². The summed E-state index contributed by atoms with van der Waals surface area (Å²) in [4.78, 5) is 0. The molecule has 2 fully saturated rings. The lowest BCUT2D eigenvalue weighted by atomic mass is 10.1. The number of aliphatic hydroxyl groups excluding tert-OH is 8. The van der Waals surface area contributed by atoms with Crippen LogP contribution in [0.5, 0.6) is 0 Å². The molecule has 0 spiro atoms. The number of ether oxygens (including phenoxy) is 3. The topological polar surface area (TPSA) is 190 Å². The van der Waals surface area contributed by atoms with Crippen molar-refractivity contribution in [1.82, 2.24) is 0 Å². The molecular weight excluding hydrogens is 368 g/mol. The third kappa shape index (κ3) is 9.19. The Hall–Kier alpha value is -0.960. The summed E-state index contributed by atoms with van der Waals surface area (Å²) in [5.74, 6) is 0. The van der Waals surface area contributed by atoms with Crippen molar-refractivity contribution in [3.05, 3.63) is 25.3 Å². The molecule has 27 heavy (non-hydrogen) atoms. The van der Waals surface area contributed by atoms with Crippen molar-refractivity contribution in [1.29, 1.82) is 0 Å². The fourth-order valence-corrected chi connectivity index (χ4v) is 1.88. The zero-order chi connectivity index (χ0) is 21.0. The van der Waals surface area contributed by atoms with E-state index in [1.165, 1.54) is 12.2 Å². The van der Waals surface area contributed by atoms with Gasteiger partial charge in [-0.1, -0.05) is 12.2 Å². The fourth-order valence-electron chi connectivity index (χ4n) is 1.88. The van der Waals surface area contributed by atoms with Crippen molar-refractivity contribution in [2.24, 2.45) is 0 Å². The SMILES string of the molecule is C=CCO.C=CCO[C@@H]1OC[C@@H](O)[C@H](O)C1O.OC1[C@H](O)OC[C@@H](O)[C@@H]1O. The van der Waals surface area contributed by atoms with Crippen LogP contribution in [0, 0.1) is 0 Å². The number of aliphatic hydroxyl groups is 8. The molecule has 2 heterocycles. The Bertz CT molecular complexity index is 394. The van der Waals surface area contributed by atoms with Crippen LogP contribution < -0.4 is 0 Å². The summed E-state index contributed by atoms with van der Waals surface area (Å²) in [6, 6.07) is 0. The standard InChI is InChI=1S/C8H14O5.C5H10O5.C3H6O/c1-2-3-12-8-7(11)6(10)5(9)4-13-8;6-2-1-10-5(9)4(8)3(2)7;1-2-3-4/h2,5-11H,1,3-4H2;2-9H,1H2;2,4H,1,3H2/t5-,6+,7?,8-;2-,3+,4?,5-;/m11./s1. The Kier molecular flexibility index (Phi) is 13.6. The smallest absolute Gasteiger partial charge is 0.186 e. The number of rotatable bonds is 4. The van der Waals surface area contributed by atoms with Crippen molar-refractivity contribution in [3.63, 3.8) is 0 Å². The van der Waals surface area contributed by atoms with E-state index < -0.39 is 49.2 Å². The highest BCUT2D eigenvalue weighted by atomic mass is 16.7. The van der Waals surface area contributed by atoms with E-state index in [0.717, 1.165) is 0 Å². The van der Waals surface area contributed by atoms with E-state index in [-0.39, 0.29) is 26.4 Å². The van der Waals surface area contributed by atoms with E-state index in [1.54, 1.807) is 0 Å². The molecule has 0 aliphatic carbocycles. The molecule has 0 aromatic carbocycles. The first-order chi connectivity index (χ1) is 12.7. The van der Waals surface area contributed by atoms with Gasteiger partial charge in [-0.25, -0.2) is 0 Å². The largest absolute Gasteiger partial charge is 0.392 e. The monoisotopic (exact) mass is 398 g/mol. The van der Waals surface area contributed by atoms with Crippen LogP contribution in [0.15, 0.2) is 25.3 Å². The minimum atomic E-state index is -1.41. The highest BCUT2D eigenvalue weighted by molar-refractivity contribution is 4.83. The molecule has 0 saturated carbocycles. The van der Waals surface area contributed by atoms with Gasteiger partial charge in [0.25, 0.3) is 0 Å². The second-order valence-corrected chi connectivity index (χ2v) is 5.62. The predicted octanol–water partition coefficient (Wildman–Crippen LogP) is -3.79. The second kappa shape index (κ2) is 14.1. The Morgan fingerprint density at radius 2 is 1.26 bits per heavy atom. The molecule has 0 radical (unpaired) electrons. The van der Waals surface area contributed by atoms with Crippen LogP contribution in [0.4, 0.5) is 0 Å². The van der Waals surface area contributed by atoms with Gasteiger partial charge < -0.3 is 55.1 Å². The van der Waals surface area contributed by atoms with Gasteiger partial charge in [-0.3, -0.25) is 0 Å². The van der Waals surface area contributed by atoms with Crippen molar-refractivity contribution in [3.8, 4) is 0 Å². The zero-order valence-electron chi connectivity index (χ0n) is 14.8. The molecule has 8 N–H and O–H groups in total. The molecule has 2 rings (SSSR count). The average molecular weight is 398 g/mol. The molecule has 11 heteroatoms. The normalized spacial score (nSPS) is 38.5. The molecule has 0 amide bonds. The maximum atomic E-state index is 9.34. The summed E-state index contributed by atoms with van der Waals surface area (Å²) in [6.45, 7) is 6.77. The summed E-state index contributed by atoms with van der Waals surface area (Å²) in [5, 5.41) is 70.7. The molecule has 2 unspecified atom stereocenters. The van der Waals surface area contributed by atoms with Crippen molar-refractivity contribution in [2.75, 3.05) is 26.4 Å². The summed E-state index contributed by atoms with van der Waals surface area (Å²) >= 11 is 0. The Morgan fingerprint density at radius 3 is 1.70 bits per heavy atom. The van der Waals surface area contributed by atoms with Gasteiger partial charge in [-0.2, -0.15) is 0 Å². The zero-order valence-corrected chi connectivity index (χ0v) is 14.8. The molecule has 11 nitrogen and oxygen atoms in total. The van der Waals surface area contributed by atoms with Gasteiger partial charge in [-0.05, 0) is 0 Å². The first kappa shape index (κ1) is 26.0. The van der Waals surface area contributed by atoms with Crippen molar-refractivity contribution < 1.29 is 55.1 Å². The van der Waals surface area contributed by atoms with Gasteiger partial charge in [-0.15, -0.1) is 13.2 Å². The fraction of sp³-hybridized carbons (Fsp3) is 0.750. The second-order valence-electron chi connectivity index (χ2n) is 5.62. The van der Waals surface area contributed by atoms with Crippen LogP contribution in [0.2, 0.25) is 0 Å². The number of hydrogen-bond donors (Lipinski definition) is 8. The molecule has 2 aliphatic heterocycles. The van der Waals surface area contributed by atoms with Crippen molar-refractivity contribution in [2.45, 2.75) is 49.2 Å². The van der Waals surface area contributed by atoms with E-state index in [2.05, 4.69) is 17.9 Å². The van der Waals surface area contributed by atoms with Crippen LogP contribution in [-0.4, -0.2) is 116 Å². The van der Waals surface area contributed by atoms with E-state index in [1.807, 2.05) is 0 Å². The minimum Gasteiger partial charge on any atom is -0.392 e. The van der Waals surface area contributed by atoms with Gasteiger partial charge in [0.05, 0.1) is 26.4 Å². The van der Waals surface area contributed by atoms with Gasteiger partial charge in [0.15, 0.2) is 12.6 Å². The first-order valence-corrected chi connectivity index (χ1v) is 8.15. The third-order valence-corrected chi connectivity index (χ3v) is 3.44. The van der Waals surface area contributed by atoms with E-state index in [0.29, 0.717) is 0 Å². The Morgan fingerprint density at radius 1 is 0.778 bits per heavy atom. The number of hydrogen-bond acceptors (Lipinski definition) is 11. The van der Waals surface area contributed by atoms with E-state index in [9.17, 15) is 10.2 Å². The molecular formula is C16H30O11. The molecule has 0 aromatic rings. The molecule has 160 valence electrons. The average Bonchev–Trinajstić information content (AvgIpc) is 2.67. The molecule has 0 aromatic heterocycles. The summed E-state index contributed by atoms with van der Waals surface area (Å²) in [7, 11) is 0. The third-order valence-electron chi connectivity index (χ3n) is 3.44. The van der Waals surface area contributed by atoms with Crippen LogP contribution in [-0.2, 0) is 14.2 Å². The highest BCUT2D eigenvalue weighted by Gasteiger charge is 2.38. The maximum Gasteiger partial charge on any atom is 0.186 e. The lowest BCUT2D eigenvalue weighted by molar-refractivity contribution is -0.266. The molecule has 0 bridgehead atoms. The van der Waals surface area contributed by atoms with Gasteiger partial charge in [0.2, 0.25) is 0 Å². The molecule has 2 aliphatic rings. The highest BCUT2D eigenvalue weighted by Crippen LogP contribution is 2.16. The summed E-state index contributed by atoms with van der Waals surface area (Å²) in [6.07, 6.45) is -6.68. The lowest BCUT2D eigenvalue weighted by Crippen LogP contribution is -2.53. The quantitative estimate of drug-likeness (QED) is 0.217. The summed E-state index contributed by atoms with van der Waals surface area (Å²) < 4.78 is 14.4. The summed E-state index contributed by atoms with van der Waals surface area (Å²) in [5.41, 5.74) is 0. The van der Waals surface area contributed by atoms with Crippen LogP contribution in [0.25, 0.3) is 0 Å². The van der Waals surface area contributed by atoms with Crippen LogP contribution >= 0.6 is 0 Å². The Balaban J connectivity index is 0.000000428.